The van der Waals surface area contributed by atoms with E-state index in [1.807, 2.05) is 41.5 Å². The zero-order valence-electron chi connectivity index (χ0n) is 22.0. The molecule has 0 aromatic heterocycles. The molecule has 1 N–H and O–H groups in total. The third-order valence-electron chi connectivity index (χ3n) is 7.14. The average Bonchev–Trinajstić information content (AvgIpc) is 3.28. The molecule has 7 nitrogen and oxygen atoms in total. The lowest BCUT2D eigenvalue weighted by atomic mass is 9.80. The van der Waals surface area contributed by atoms with Crippen molar-refractivity contribution in [2.75, 3.05) is 13.7 Å². The van der Waals surface area contributed by atoms with Crippen LogP contribution in [0.1, 0.15) is 72.2 Å². The number of benzene rings is 2. The highest BCUT2D eigenvalue weighted by atomic mass is 19.1. The molecule has 0 aliphatic carbocycles. The molecule has 0 fully saturated rings. The summed E-state index contributed by atoms with van der Waals surface area (Å²) in [6.45, 7) is 12.2. The number of hydrogen-bond acceptors (Lipinski definition) is 5. The Bertz CT molecular complexity index is 1250. The lowest BCUT2D eigenvalue weighted by Gasteiger charge is -2.31. The minimum atomic E-state index is -1.08. The number of nitrogens with zero attached hydrogens (tertiary/aromatic N) is 1. The van der Waals surface area contributed by atoms with Crippen LogP contribution in [0, 0.1) is 26.6 Å². The van der Waals surface area contributed by atoms with Crippen molar-refractivity contribution in [2.24, 2.45) is 0 Å². The Labute approximate surface area is 211 Å². The number of carbonyl (C=O) groups is 2. The van der Waals surface area contributed by atoms with Crippen molar-refractivity contribution in [3.8, 4) is 16.9 Å². The van der Waals surface area contributed by atoms with Crippen LogP contribution >= 0.6 is 0 Å². The van der Waals surface area contributed by atoms with Crippen molar-refractivity contribution >= 4 is 12.1 Å². The molecule has 36 heavy (non-hydrogen) atoms. The van der Waals surface area contributed by atoms with Gasteiger partial charge < -0.3 is 19.3 Å². The van der Waals surface area contributed by atoms with E-state index in [0.717, 1.165) is 39.8 Å². The smallest absolute Gasteiger partial charge is 0.407 e. The highest BCUT2D eigenvalue weighted by Gasteiger charge is 2.37. The molecule has 2 aliphatic heterocycles. The quantitative estimate of drug-likeness (QED) is 0.538. The van der Waals surface area contributed by atoms with Crippen molar-refractivity contribution in [2.45, 2.75) is 79.2 Å². The fourth-order valence-corrected chi connectivity index (χ4v) is 5.43. The van der Waals surface area contributed by atoms with Crippen LogP contribution in [0.5, 0.6) is 5.75 Å². The molecule has 8 heteroatoms. The summed E-state index contributed by atoms with van der Waals surface area (Å²) in [5.74, 6) is -0.736. The summed E-state index contributed by atoms with van der Waals surface area (Å²) in [6, 6.07) is 1.46. The van der Waals surface area contributed by atoms with E-state index >= 15 is 4.39 Å². The van der Waals surface area contributed by atoms with Crippen molar-refractivity contribution in [3.63, 3.8) is 0 Å². The van der Waals surface area contributed by atoms with Crippen molar-refractivity contribution in [1.82, 2.24) is 4.90 Å². The van der Waals surface area contributed by atoms with Crippen LogP contribution in [0.4, 0.5) is 9.18 Å². The molecule has 2 aromatic carbocycles. The number of fused-ring (bicyclic) bond motifs is 2. The van der Waals surface area contributed by atoms with Gasteiger partial charge in [-0.25, -0.2) is 14.0 Å². The van der Waals surface area contributed by atoms with Gasteiger partial charge in [0.1, 0.15) is 0 Å². The van der Waals surface area contributed by atoms with Crippen molar-refractivity contribution in [1.29, 1.82) is 0 Å². The molecule has 0 saturated carbocycles. The zero-order chi connectivity index (χ0) is 26.5. The summed E-state index contributed by atoms with van der Waals surface area (Å²) >= 11 is 0. The van der Waals surface area contributed by atoms with E-state index in [1.54, 1.807) is 0 Å². The van der Waals surface area contributed by atoms with Gasteiger partial charge in [-0.1, -0.05) is 0 Å². The molecule has 2 aliphatic rings. The molecule has 2 aromatic rings. The summed E-state index contributed by atoms with van der Waals surface area (Å²) in [7, 11) is 1.31. The molecule has 0 saturated heterocycles. The summed E-state index contributed by atoms with van der Waals surface area (Å²) in [5, 5.41) is 9.69. The Morgan fingerprint density at radius 2 is 1.72 bits per heavy atom. The van der Waals surface area contributed by atoms with Crippen LogP contribution in [0.25, 0.3) is 11.1 Å². The monoisotopic (exact) mass is 499 g/mol. The van der Waals surface area contributed by atoms with Crippen molar-refractivity contribution in [3.05, 3.63) is 50.8 Å². The van der Waals surface area contributed by atoms with E-state index in [-0.39, 0.29) is 18.8 Å². The largest absolute Gasteiger partial charge is 0.490 e. The van der Waals surface area contributed by atoms with E-state index in [1.165, 1.54) is 18.1 Å². The fraction of sp³-hybridized carbons (Fsp3) is 0.500. The first kappa shape index (κ1) is 25.9. The van der Waals surface area contributed by atoms with Gasteiger partial charge in [-0.3, -0.25) is 4.90 Å². The molecular formula is C28H34FNO6. The third-order valence-corrected chi connectivity index (χ3v) is 7.14. The summed E-state index contributed by atoms with van der Waals surface area (Å²) < 4.78 is 32.4. The Kier molecular flexibility index (Phi) is 6.77. The molecule has 1 amide bonds. The maximum absolute atomic E-state index is 15.4. The molecule has 0 spiro atoms. The van der Waals surface area contributed by atoms with Crippen LogP contribution in [0.3, 0.4) is 0 Å². The second-order valence-corrected chi connectivity index (χ2v) is 10.6. The van der Waals surface area contributed by atoms with Gasteiger partial charge in [0.05, 0.1) is 19.3 Å². The van der Waals surface area contributed by atoms with Gasteiger partial charge >= 0.3 is 12.1 Å². The maximum Gasteiger partial charge on any atom is 0.407 e. The number of methoxy groups -OCH3 is 1. The van der Waals surface area contributed by atoms with Crippen LogP contribution < -0.4 is 4.74 Å². The molecule has 4 rings (SSSR count). The highest BCUT2D eigenvalue weighted by molar-refractivity contribution is 5.87. The first-order valence-electron chi connectivity index (χ1n) is 12.2. The summed E-state index contributed by atoms with van der Waals surface area (Å²) in [4.78, 5) is 26.3. The number of carbonyl (C=O) groups excluding carboxylic acids is 1. The minimum Gasteiger partial charge on any atom is -0.490 e. The molecular weight excluding hydrogens is 465 g/mol. The SMILES string of the molecule is COC(=O)C(OC(C)(C)C)c1c(C)c2c(c(C)c1-c1cc(F)c3c(c1C)CCCO3)CN(C(=O)O)C2. The number of carboxylic acid groups (broad SMARTS) is 1. The van der Waals surface area contributed by atoms with Gasteiger partial charge in [-0.05, 0) is 99.4 Å². The van der Waals surface area contributed by atoms with E-state index in [2.05, 4.69) is 0 Å². The number of hydrogen-bond donors (Lipinski definition) is 1. The maximum atomic E-state index is 15.4. The molecule has 0 bridgehead atoms. The highest BCUT2D eigenvalue weighted by Crippen LogP contribution is 2.47. The van der Waals surface area contributed by atoms with Crippen LogP contribution in [0.15, 0.2) is 6.07 Å². The molecule has 0 radical (unpaired) electrons. The van der Waals surface area contributed by atoms with Gasteiger partial charge in [0, 0.05) is 24.2 Å². The molecule has 2 heterocycles. The van der Waals surface area contributed by atoms with Gasteiger partial charge in [0.15, 0.2) is 17.7 Å². The fourth-order valence-electron chi connectivity index (χ4n) is 5.43. The second kappa shape index (κ2) is 9.39. The van der Waals surface area contributed by atoms with Crippen molar-refractivity contribution < 1.29 is 33.3 Å². The summed E-state index contributed by atoms with van der Waals surface area (Å²) in [6.07, 6.45) is -0.618. The van der Waals surface area contributed by atoms with Gasteiger partial charge in [-0.15, -0.1) is 0 Å². The second-order valence-electron chi connectivity index (χ2n) is 10.6. The van der Waals surface area contributed by atoms with E-state index < -0.39 is 29.6 Å². The lowest BCUT2D eigenvalue weighted by molar-refractivity contribution is -0.164. The predicted molar refractivity (Wildman–Crippen MR) is 133 cm³/mol. The normalized spacial score (nSPS) is 15.7. The third kappa shape index (κ3) is 4.43. The number of rotatable bonds is 4. The first-order valence-corrected chi connectivity index (χ1v) is 12.2. The zero-order valence-corrected chi connectivity index (χ0v) is 22.0. The van der Waals surface area contributed by atoms with E-state index in [0.29, 0.717) is 29.7 Å². The van der Waals surface area contributed by atoms with Gasteiger partial charge in [-0.2, -0.15) is 0 Å². The standard InChI is InChI=1S/C28H34FNO6/c1-14-17-9-8-10-35-24(17)21(29)11-18(14)22-15(2)19-12-30(27(32)33)13-20(19)16(3)23(22)25(26(31)34-7)36-28(4,5)6/h11,25H,8-10,12-13H2,1-7H3,(H,32,33). The average molecular weight is 500 g/mol. The summed E-state index contributed by atoms with van der Waals surface area (Å²) in [5.41, 5.74) is 6.20. The Morgan fingerprint density at radius 1 is 1.08 bits per heavy atom. The Balaban J connectivity index is 2.08. The van der Waals surface area contributed by atoms with Crippen LogP contribution in [-0.4, -0.2) is 41.4 Å². The Hall–Kier alpha value is -3.13. The number of halogens is 1. The number of esters is 1. The van der Waals surface area contributed by atoms with E-state index in [4.69, 9.17) is 14.2 Å². The van der Waals surface area contributed by atoms with Crippen LogP contribution in [-0.2, 0) is 33.8 Å². The predicted octanol–water partition coefficient (Wildman–Crippen LogP) is 5.77. The lowest BCUT2D eigenvalue weighted by Crippen LogP contribution is -2.29. The first-order chi connectivity index (χ1) is 16.9. The molecule has 1 atom stereocenters. The molecule has 194 valence electrons. The number of ether oxygens (including phenoxy) is 3. The van der Waals surface area contributed by atoms with Crippen LogP contribution in [0.2, 0.25) is 0 Å². The Morgan fingerprint density at radius 3 is 2.31 bits per heavy atom. The minimum absolute atomic E-state index is 0.208. The number of amides is 1. The van der Waals surface area contributed by atoms with Gasteiger partial charge in [0.2, 0.25) is 0 Å². The van der Waals surface area contributed by atoms with Gasteiger partial charge in [0.25, 0.3) is 0 Å². The topological polar surface area (TPSA) is 85.3 Å². The molecule has 1 unspecified atom stereocenters. The van der Waals surface area contributed by atoms with E-state index in [9.17, 15) is 14.7 Å².